The number of esters is 1. The molecule has 4 aliphatic rings. The van der Waals surface area contributed by atoms with Crippen molar-refractivity contribution < 1.29 is 13.7 Å². The van der Waals surface area contributed by atoms with Gasteiger partial charge in [0.1, 0.15) is 11.0 Å². The molecule has 0 unspecified atom stereocenters. The van der Waals surface area contributed by atoms with E-state index in [2.05, 4.69) is 4.72 Å². The standard InChI is InChI=1S/C19H25NO3S/c1-2-23-18(21)16-3-5-17(6-4-16)20-24(22)19-10-13-7-14(11-19)9-15(8-13)12-19/h3-6,13-15,20H,2,7-12H2,1H3/t13?,14?,15?,19?,24-/m0/s1. The highest BCUT2D eigenvalue weighted by molar-refractivity contribution is 7.87. The van der Waals surface area contributed by atoms with Crippen LogP contribution in [-0.4, -0.2) is 21.5 Å². The number of anilines is 1. The Bertz CT molecular complexity index is 620. The first-order valence-corrected chi connectivity index (χ1v) is 10.2. The van der Waals surface area contributed by atoms with Crippen molar-refractivity contribution in [2.75, 3.05) is 11.3 Å². The Morgan fingerprint density at radius 3 is 2.17 bits per heavy atom. The van der Waals surface area contributed by atoms with Gasteiger partial charge in [0, 0.05) is 5.69 Å². The fourth-order valence-corrected chi connectivity index (χ4v) is 7.09. The van der Waals surface area contributed by atoms with Crippen LogP contribution in [0.15, 0.2) is 24.3 Å². The van der Waals surface area contributed by atoms with E-state index < -0.39 is 11.0 Å². The number of hydrogen-bond donors (Lipinski definition) is 1. The summed E-state index contributed by atoms with van der Waals surface area (Å²) in [5.41, 5.74) is 1.35. The van der Waals surface area contributed by atoms with Crippen LogP contribution < -0.4 is 4.72 Å². The van der Waals surface area contributed by atoms with E-state index in [0.717, 1.165) is 42.7 Å². The molecule has 130 valence electrons. The number of carbonyl (C=O) groups excluding carboxylic acids is 1. The molecule has 4 nitrogen and oxygen atoms in total. The van der Waals surface area contributed by atoms with Crippen LogP contribution in [0.2, 0.25) is 0 Å². The van der Waals surface area contributed by atoms with Crippen LogP contribution in [0, 0.1) is 17.8 Å². The van der Waals surface area contributed by atoms with Crippen molar-refractivity contribution in [3.63, 3.8) is 0 Å². The summed E-state index contributed by atoms with van der Waals surface area (Å²) in [6, 6.07) is 7.11. The molecular formula is C19H25NO3S. The van der Waals surface area contributed by atoms with Crippen molar-refractivity contribution in [1.82, 2.24) is 0 Å². The second-order valence-electron chi connectivity index (χ2n) is 7.77. The van der Waals surface area contributed by atoms with Gasteiger partial charge in [-0.3, -0.25) is 0 Å². The van der Waals surface area contributed by atoms with Gasteiger partial charge in [-0.05, 0) is 87.5 Å². The van der Waals surface area contributed by atoms with Gasteiger partial charge in [-0.2, -0.15) is 0 Å². The molecule has 4 bridgehead atoms. The summed E-state index contributed by atoms with van der Waals surface area (Å²) in [6.07, 6.45) is 7.39. The van der Waals surface area contributed by atoms with Crippen LogP contribution in [0.3, 0.4) is 0 Å². The summed E-state index contributed by atoms with van der Waals surface area (Å²) in [5, 5.41) is 0. The molecule has 0 radical (unpaired) electrons. The fourth-order valence-electron chi connectivity index (χ4n) is 5.36. The van der Waals surface area contributed by atoms with Crippen molar-refractivity contribution in [3.8, 4) is 0 Å². The van der Waals surface area contributed by atoms with Gasteiger partial charge < -0.3 is 9.46 Å². The highest BCUT2D eigenvalue weighted by Crippen LogP contribution is 2.57. The minimum absolute atomic E-state index is 0.0332. The molecule has 0 spiro atoms. The maximum absolute atomic E-state index is 13.1. The lowest BCUT2D eigenvalue weighted by Crippen LogP contribution is -2.54. The number of carbonyl (C=O) groups is 1. The molecule has 1 atom stereocenters. The van der Waals surface area contributed by atoms with E-state index in [0.29, 0.717) is 12.2 Å². The zero-order chi connectivity index (χ0) is 16.7. The lowest BCUT2D eigenvalue weighted by molar-refractivity contribution is 0.0363. The Balaban J connectivity index is 1.45. The number of hydrogen-bond acceptors (Lipinski definition) is 3. The van der Waals surface area contributed by atoms with Crippen molar-refractivity contribution in [2.24, 2.45) is 17.8 Å². The van der Waals surface area contributed by atoms with Gasteiger partial charge >= 0.3 is 5.97 Å². The largest absolute Gasteiger partial charge is 0.462 e. The molecule has 1 aromatic carbocycles. The van der Waals surface area contributed by atoms with Gasteiger partial charge in [0.2, 0.25) is 0 Å². The van der Waals surface area contributed by atoms with Crippen LogP contribution >= 0.6 is 0 Å². The van der Waals surface area contributed by atoms with Gasteiger partial charge in [-0.15, -0.1) is 0 Å². The minimum atomic E-state index is -1.06. The second kappa shape index (κ2) is 6.17. The van der Waals surface area contributed by atoms with Crippen LogP contribution in [0.5, 0.6) is 0 Å². The lowest BCUT2D eigenvalue weighted by Gasteiger charge is -2.55. The third kappa shape index (κ3) is 2.87. The molecule has 0 saturated heterocycles. The molecule has 24 heavy (non-hydrogen) atoms. The van der Waals surface area contributed by atoms with E-state index in [1.165, 1.54) is 19.3 Å². The van der Waals surface area contributed by atoms with Crippen LogP contribution in [0.1, 0.15) is 55.8 Å². The van der Waals surface area contributed by atoms with E-state index >= 15 is 0 Å². The van der Waals surface area contributed by atoms with Crippen LogP contribution in [0.25, 0.3) is 0 Å². The average molecular weight is 347 g/mol. The maximum Gasteiger partial charge on any atom is 0.338 e. The van der Waals surface area contributed by atoms with E-state index in [1.807, 2.05) is 12.1 Å². The molecule has 4 aliphatic carbocycles. The van der Waals surface area contributed by atoms with Crippen molar-refractivity contribution in [2.45, 2.75) is 50.2 Å². The predicted octanol–water partition coefficient (Wildman–Crippen LogP) is 3.91. The zero-order valence-electron chi connectivity index (χ0n) is 14.1. The third-order valence-electron chi connectivity index (χ3n) is 5.98. The number of benzene rings is 1. The summed E-state index contributed by atoms with van der Waals surface area (Å²) in [6.45, 7) is 2.16. The first-order valence-electron chi connectivity index (χ1n) is 9.04. The Labute approximate surface area is 145 Å². The molecule has 4 saturated carbocycles. The highest BCUT2D eigenvalue weighted by atomic mass is 32.2. The van der Waals surface area contributed by atoms with Gasteiger partial charge in [-0.25, -0.2) is 9.00 Å². The highest BCUT2D eigenvalue weighted by Gasteiger charge is 2.54. The molecular weight excluding hydrogens is 322 g/mol. The molecule has 5 heteroatoms. The monoisotopic (exact) mass is 347 g/mol. The SMILES string of the molecule is CCOC(=O)c1ccc(N[S@@](=O)C23CC4CC(CC(C4)C2)C3)cc1. The van der Waals surface area contributed by atoms with Crippen LogP contribution in [0.4, 0.5) is 5.69 Å². The maximum atomic E-state index is 13.1. The number of nitrogens with one attached hydrogen (secondary N) is 1. The molecule has 0 amide bonds. The Hall–Kier alpha value is -1.36. The smallest absolute Gasteiger partial charge is 0.338 e. The fraction of sp³-hybridized carbons (Fsp3) is 0.632. The molecule has 0 aliphatic heterocycles. The van der Waals surface area contributed by atoms with Crippen LogP contribution in [-0.2, 0) is 15.7 Å². The number of rotatable bonds is 5. The van der Waals surface area contributed by atoms with Gasteiger partial charge in [-0.1, -0.05) is 0 Å². The van der Waals surface area contributed by atoms with E-state index in [4.69, 9.17) is 4.74 Å². The average Bonchev–Trinajstić information content (AvgIpc) is 2.54. The lowest BCUT2D eigenvalue weighted by atomic mass is 9.56. The normalized spacial score (nSPS) is 34.8. The summed E-state index contributed by atoms with van der Waals surface area (Å²) in [7, 11) is -1.06. The van der Waals surface area contributed by atoms with E-state index in [9.17, 15) is 9.00 Å². The Kier molecular flexibility index (Phi) is 4.15. The summed E-state index contributed by atoms with van der Waals surface area (Å²) >= 11 is 0. The summed E-state index contributed by atoms with van der Waals surface area (Å²) in [4.78, 5) is 11.7. The Morgan fingerprint density at radius 1 is 1.12 bits per heavy atom. The van der Waals surface area contributed by atoms with Gasteiger partial charge in [0.25, 0.3) is 0 Å². The molecule has 1 aromatic rings. The molecule has 0 aromatic heterocycles. The second-order valence-corrected chi connectivity index (χ2v) is 9.38. The minimum Gasteiger partial charge on any atom is -0.462 e. The van der Waals surface area contributed by atoms with Crippen molar-refractivity contribution in [1.29, 1.82) is 0 Å². The summed E-state index contributed by atoms with van der Waals surface area (Å²) < 4.78 is 21.3. The molecule has 0 heterocycles. The zero-order valence-corrected chi connectivity index (χ0v) is 14.9. The van der Waals surface area contributed by atoms with E-state index in [-0.39, 0.29) is 10.7 Å². The topological polar surface area (TPSA) is 55.4 Å². The third-order valence-corrected chi connectivity index (χ3v) is 7.69. The van der Waals surface area contributed by atoms with Crippen molar-refractivity contribution >= 4 is 22.6 Å². The molecule has 1 N–H and O–H groups in total. The summed E-state index contributed by atoms with van der Waals surface area (Å²) in [5.74, 6) is 2.04. The van der Waals surface area contributed by atoms with E-state index in [1.54, 1.807) is 19.1 Å². The molecule has 5 rings (SSSR count). The van der Waals surface area contributed by atoms with Gasteiger partial charge in [0.15, 0.2) is 0 Å². The first kappa shape index (κ1) is 16.1. The van der Waals surface area contributed by atoms with Gasteiger partial charge in [0.05, 0.1) is 16.9 Å². The quantitative estimate of drug-likeness (QED) is 0.822. The van der Waals surface area contributed by atoms with Crippen molar-refractivity contribution in [3.05, 3.63) is 29.8 Å². The Morgan fingerprint density at radius 2 is 1.67 bits per heavy atom. The predicted molar refractivity (Wildman–Crippen MR) is 95.1 cm³/mol. The molecule has 4 fully saturated rings. The number of ether oxygens (including phenoxy) is 1. The first-order chi connectivity index (χ1) is 11.6.